The lowest BCUT2D eigenvalue weighted by molar-refractivity contribution is -0.232. The van der Waals surface area contributed by atoms with Crippen LogP contribution in [-0.4, -0.2) is 47.1 Å². The summed E-state index contributed by atoms with van der Waals surface area (Å²) >= 11 is 0. The van der Waals surface area contributed by atoms with E-state index in [2.05, 4.69) is 48.5 Å². The number of aliphatic hydroxyl groups is 1. The van der Waals surface area contributed by atoms with Crippen LogP contribution in [0.25, 0.3) is 0 Å². The quantitative estimate of drug-likeness (QED) is 0.159. The molecule has 0 aromatic heterocycles. The van der Waals surface area contributed by atoms with E-state index in [1.54, 1.807) is 0 Å². The van der Waals surface area contributed by atoms with Crippen molar-refractivity contribution in [1.29, 1.82) is 0 Å². The maximum absolute atomic E-state index is 12.9. The third-order valence-corrected chi connectivity index (χ3v) is 14.8. The van der Waals surface area contributed by atoms with Gasteiger partial charge in [0, 0.05) is 5.41 Å². The molecule has 5 rings (SSSR count). The first-order valence-corrected chi connectivity index (χ1v) is 18.2. The van der Waals surface area contributed by atoms with Gasteiger partial charge in [0.2, 0.25) is 0 Å². The van der Waals surface area contributed by atoms with Crippen LogP contribution in [0.5, 0.6) is 0 Å². The molecule has 5 aliphatic rings. The Morgan fingerprint density at radius 2 is 1.50 bits per heavy atom. The van der Waals surface area contributed by atoms with Crippen LogP contribution < -0.4 is 0 Å². The lowest BCUT2D eigenvalue weighted by Gasteiger charge is -2.70. The Hall–Kier alpha value is -1.14. The molecular weight excluding hydrogens is 552 g/mol. The fraction of sp³-hybridized carbons (Fsp3) is 0.947. The van der Waals surface area contributed by atoms with Gasteiger partial charge in [0.15, 0.2) is 0 Å². The van der Waals surface area contributed by atoms with Crippen molar-refractivity contribution in [2.75, 3.05) is 6.61 Å². The van der Waals surface area contributed by atoms with E-state index in [0.29, 0.717) is 30.3 Å². The van der Waals surface area contributed by atoms with Crippen LogP contribution in [0, 0.1) is 45.3 Å². The summed E-state index contributed by atoms with van der Waals surface area (Å²) in [5.74, 6) is 1.41. The monoisotopic (exact) mass is 616 g/mol. The summed E-state index contributed by atoms with van der Waals surface area (Å²) in [6.07, 6.45) is 13.7. The van der Waals surface area contributed by atoms with Gasteiger partial charge < -0.3 is 19.3 Å². The van der Waals surface area contributed by atoms with Crippen molar-refractivity contribution in [1.82, 2.24) is 0 Å². The summed E-state index contributed by atoms with van der Waals surface area (Å²) in [6, 6.07) is 0. The number of hydrogen-bond donors (Lipinski definition) is 1. The van der Waals surface area contributed by atoms with E-state index < -0.39 is 17.5 Å². The first-order valence-electron chi connectivity index (χ1n) is 18.2. The van der Waals surface area contributed by atoms with Crippen LogP contribution in [0.2, 0.25) is 0 Å². The highest BCUT2D eigenvalue weighted by atomic mass is 16.6. The molecule has 44 heavy (non-hydrogen) atoms. The standard InChI is InChI=1S/C38H64O6/c1-10-11-12-23-42-31(39)24-32(40)43-29-17-19-35(6)27(33(29,2)3)16-21-37(8)28(35)14-13-25-26(15-20-36(25,37)7)38(9)22-18-30(44-38)34(4,5)41/h25-30,41H,10-24H2,1-9H3/t25-,26+,27+,28-,29-,30-,35+,36-,37-,38+/m1/s1. The number of esters is 2. The molecule has 4 aliphatic carbocycles. The van der Waals surface area contributed by atoms with E-state index in [1.165, 1.54) is 32.1 Å². The van der Waals surface area contributed by atoms with E-state index in [0.717, 1.165) is 51.4 Å². The molecule has 10 atom stereocenters. The number of carbonyl (C=O) groups is 2. The van der Waals surface area contributed by atoms with E-state index in [-0.39, 0.29) is 45.9 Å². The molecule has 0 spiro atoms. The van der Waals surface area contributed by atoms with E-state index in [9.17, 15) is 14.7 Å². The number of hydrogen-bond acceptors (Lipinski definition) is 6. The van der Waals surface area contributed by atoms with E-state index in [1.807, 2.05) is 13.8 Å². The summed E-state index contributed by atoms with van der Waals surface area (Å²) < 4.78 is 18.1. The van der Waals surface area contributed by atoms with Gasteiger partial charge in [0.25, 0.3) is 0 Å². The van der Waals surface area contributed by atoms with Gasteiger partial charge in [-0.15, -0.1) is 0 Å². The Labute approximate surface area is 268 Å². The normalized spacial score (nSPS) is 44.8. The second-order valence-corrected chi connectivity index (χ2v) is 17.9. The second-order valence-electron chi connectivity index (χ2n) is 17.9. The molecule has 0 radical (unpaired) electrons. The molecule has 6 heteroatoms. The molecule has 1 N–H and O–H groups in total. The Bertz CT molecular complexity index is 1080. The Balaban J connectivity index is 1.28. The lowest BCUT2D eigenvalue weighted by atomic mass is 9.35. The van der Waals surface area contributed by atoms with Crippen LogP contribution in [0.1, 0.15) is 152 Å². The zero-order valence-electron chi connectivity index (χ0n) is 29.6. The highest BCUT2D eigenvalue weighted by Crippen LogP contribution is 2.76. The van der Waals surface area contributed by atoms with Crippen molar-refractivity contribution >= 4 is 11.9 Å². The first kappa shape index (κ1) is 34.2. The number of fused-ring (bicyclic) bond motifs is 5. The zero-order chi connectivity index (χ0) is 32.3. The molecule has 5 fully saturated rings. The minimum absolute atomic E-state index is 0.0800. The summed E-state index contributed by atoms with van der Waals surface area (Å²) in [5.41, 5.74) is -0.358. The topological polar surface area (TPSA) is 82.1 Å². The number of rotatable bonds is 9. The van der Waals surface area contributed by atoms with Crippen LogP contribution in [0.4, 0.5) is 0 Å². The van der Waals surface area contributed by atoms with Gasteiger partial charge in [0.1, 0.15) is 12.5 Å². The maximum atomic E-state index is 12.9. The largest absolute Gasteiger partial charge is 0.465 e. The average Bonchev–Trinajstić information content (AvgIpc) is 3.50. The highest BCUT2D eigenvalue weighted by molar-refractivity contribution is 5.91. The van der Waals surface area contributed by atoms with Crippen molar-refractivity contribution in [2.45, 2.75) is 176 Å². The predicted molar refractivity (Wildman–Crippen MR) is 173 cm³/mol. The first-order chi connectivity index (χ1) is 20.4. The fourth-order valence-corrected chi connectivity index (χ4v) is 12.2. The van der Waals surface area contributed by atoms with Crippen LogP contribution in [-0.2, 0) is 23.8 Å². The van der Waals surface area contributed by atoms with Crippen LogP contribution >= 0.6 is 0 Å². The average molecular weight is 617 g/mol. The molecule has 6 nitrogen and oxygen atoms in total. The third kappa shape index (κ3) is 5.58. The Kier molecular flexibility index (Phi) is 9.20. The van der Waals surface area contributed by atoms with Gasteiger partial charge in [-0.3, -0.25) is 9.59 Å². The van der Waals surface area contributed by atoms with Crippen molar-refractivity contribution in [3.63, 3.8) is 0 Å². The number of carbonyl (C=O) groups excluding carboxylic acids is 2. The second kappa shape index (κ2) is 11.8. The molecule has 0 amide bonds. The molecule has 1 heterocycles. The van der Waals surface area contributed by atoms with Gasteiger partial charge in [-0.2, -0.15) is 0 Å². The SMILES string of the molecule is CCCCCOC(=O)CC(=O)O[C@@H]1CC[C@]2(C)[C@H]3CC[C@@H]4[C@@H]([C@]5(C)CC[C@H](C(C)(C)O)O5)CC[C@@]4(C)[C@]3(C)CC[C@H]2C1(C)C. The molecule has 252 valence electrons. The van der Waals surface area contributed by atoms with E-state index >= 15 is 0 Å². The van der Waals surface area contributed by atoms with Crippen molar-refractivity contribution in [3.05, 3.63) is 0 Å². The van der Waals surface area contributed by atoms with Crippen molar-refractivity contribution in [3.8, 4) is 0 Å². The van der Waals surface area contributed by atoms with Crippen molar-refractivity contribution in [2.24, 2.45) is 45.3 Å². The molecule has 1 aliphatic heterocycles. The van der Waals surface area contributed by atoms with Crippen molar-refractivity contribution < 1.29 is 28.9 Å². The minimum atomic E-state index is -0.798. The smallest absolute Gasteiger partial charge is 0.317 e. The molecule has 0 bridgehead atoms. The molecular formula is C38H64O6. The van der Waals surface area contributed by atoms with Gasteiger partial charge in [-0.1, -0.05) is 54.4 Å². The van der Waals surface area contributed by atoms with Gasteiger partial charge in [-0.25, -0.2) is 0 Å². The minimum Gasteiger partial charge on any atom is -0.465 e. The van der Waals surface area contributed by atoms with E-state index in [4.69, 9.17) is 14.2 Å². The zero-order valence-corrected chi connectivity index (χ0v) is 29.6. The maximum Gasteiger partial charge on any atom is 0.317 e. The molecule has 0 aromatic carbocycles. The van der Waals surface area contributed by atoms with Gasteiger partial charge >= 0.3 is 11.9 Å². The molecule has 0 aromatic rings. The fourth-order valence-electron chi connectivity index (χ4n) is 12.2. The molecule has 4 saturated carbocycles. The van der Waals surface area contributed by atoms with Gasteiger partial charge in [0.05, 0.1) is 23.9 Å². The number of ether oxygens (including phenoxy) is 3. The summed E-state index contributed by atoms with van der Waals surface area (Å²) in [5, 5.41) is 10.7. The summed E-state index contributed by atoms with van der Waals surface area (Å²) in [6.45, 7) is 21.1. The van der Waals surface area contributed by atoms with Crippen LogP contribution in [0.3, 0.4) is 0 Å². The third-order valence-electron chi connectivity index (χ3n) is 14.8. The Morgan fingerprint density at radius 1 is 0.795 bits per heavy atom. The Morgan fingerprint density at radius 3 is 2.16 bits per heavy atom. The predicted octanol–water partition coefficient (Wildman–Crippen LogP) is 8.42. The van der Waals surface area contributed by atoms with Crippen LogP contribution in [0.15, 0.2) is 0 Å². The lowest BCUT2D eigenvalue weighted by Crippen LogP contribution is -2.64. The number of unbranched alkanes of at least 4 members (excludes halogenated alkanes) is 2. The molecule has 0 unspecified atom stereocenters. The van der Waals surface area contributed by atoms with Gasteiger partial charge in [-0.05, 0) is 131 Å². The highest BCUT2D eigenvalue weighted by Gasteiger charge is 2.70. The summed E-state index contributed by atoms with van der Waals surface area (Å²) in [7, 11) is 0. The molecule has 1 saturated heterocycles. The summed E-state index contributed by atoms with van der Waals surface area (Å²) in [4.78, 5) is 25.1.